The molecule has 0 saturated heterocycles. The van der Waals surface area contributed by atoms with Crippen molar-refractivity contribution in [2.75, 3.05) is 0 Å². The van der Waals surface area contributed by atoms with Gasteiger partial charge >= 0.3 is 0 Å². The molecule has 8 nitrogen and oxygen atoms in total. The highest BCUT2D eigenvalue weighted by molar-refractivity contribution is 6.15. The van der Waals surface area contributed by atoms with Crippen molar-refractivity contribution >= 4 is 44.9 Å². The average Bonchev–Trinajstić information content (AvgIpc) is 2.94. The van der Waals surface area contributed by atoms with Crippen LogP contribution >= 0.6 is 0 Å². The van der Waals surface area contributed by atoms with Crippen LogP contribution in [0.15, 0.2) is 36.5 Å². The average molecular weight is 325 g/mol. The lowest BCUT2D eigenvalue weighted by atomic mass is 10.0. The first-order chi connectivity index (χ1) is 11.4. The molecule has 0 aliphatic heterocycles. The van der Waals surface area contributed by atoms with Crippen LogP contribution in [-0.4, -0.2) is 20.6 Å². The van der Waals surface area contributed by atoms with E-state index in [-0.39, 0.29) is 22.5 Å². The second-order valence-corrected chi connectivity index (χ2v) is 5.22. The number of fused-ring (bicyclic) bond motifs is 3. The fourth-order valence-corrected chi connectivity index (χ4v) is 2.70. The summed E-state index contributed by atoms with van der Waals surface area (Å²) in [6, 6.07) is 5.60. The molecule has 0 aliphatic rings. The molecule has 0 amide bonds. The molecule has 0 unspecified atom stereocenters. The van der Waals surface area contributed by atoms with Crippen LogP contribution in [0.4, 0.5) is 11.4 Å². The summed E-state index contributed by atoms with van der Waals surface area (Å²) in [5.41, 5.74) is 0.470. The van der Waals surface area contributed by atoms with Crippen molar-refractivity contribution in [1.29, 1.82) is 0 Å². The standard InChI is InChI=1S/C16H11N3O5/c1-9(20)5-6-10-8-17-16-11-3-2-4-13(18(21)22)15(11)14(19(23)24)7-12(10)16/h2-8,17H,1H3/b6-5+. The Hall–Kier alpha value is -3.55. The zero-order valence-electron chi connectivity index (χ0n) is 12.5. The summed E-state index contributed by atoms with van der Waals surface area (Å²) in [4.78, 5) is 35.5. The first kappa shape index (κ1) is 15.3. The number of hydrogen-bond donors (Lipinski definition) is 1. The lowest BCUT2D eigenvalue weighted by Crippen LogP contribution is -1.95. The van der Waals surface area contributed by atoms with Gasteiger partial charge in [0.25, 0.3) is 11.4 Å². The molecule has 0 fully saturated rings. The zero-order chi connectivity index (χ0) is 17.4. The van der Waals surface area contributed by atoms with Gasteiger partial charge in [-0.2, -0.15) is 0 Å². The molecule has 120 valence electrons. The Bertz CT molecular complexity index is 1050. The number of benzene rings is 2. The molecule has 0 radical (unpaired) electrons. The van der Waals surface area contributed by atoms with Gasteiger partial charge < -0.3 is 4.98 Å². The number of carbonyl (C=O) groups excluding carboxylic acids is 1. The Kier molecular flexibility index (Phi) is 3.57. The number of hydrogen-bond acceptors (Lipinski definition) is 5. The maximum Gasteiger partial charge on any atom is 0.284 e. The monoisotopic (exact) mass is 325 g/mol. The normalized spacial score (nSPS) is 11.4. The number of aromatic nitrogens is 1. The largest absolute Gasteiger partial charge is 0.360 e. The third-order valence-electron chi connectivity index (χ3n) is 3.69. The topological polar surface area (TPSA) is 119 Å². The summed E-state index contributed by atoms with van der Waals surface area (Å²) in [5, 5.41) is 23.5. The zero-order valence-corrected chi connectivity index (χ0v) is 12.5. The van der Waals surface area contributed by atoms with Gasteiger partial charge in [0, 0.05) is 34.7 Å². The SMILES string of the molecule is CC(=O)/C=C/c1c[nH]c2c1cc([N+](=O)[O-])c1c([N+](=O)[O-])cccc12. The summed E-state index contributed by atoms with van der Waals surface area (Å²) < 4.78 is 0. The predicted molar refractivity (Wildman–Crippen MR) is 88.8 cm³/mol. The molecule has 2 aromatic carbocycles. The molecular formula is C16H11N3O5. The molecule has 3 aromatic rings. The van der Waals surface area contributed by atoms with Gasteiger partial charge in [-0.3, -0.25) is 25.0 Å². The second kappa shape index (κ2) is 5.58. The molecule has 1 N–H and O–H groups in total. The van der Waals surface area contributed by atoms with Gasteiger partial charge in [-0.1, -0.05) is 12.1 Å². The van der Waals surface area contributed by atoms with E-state index < -0.39 is 9.85 Å². The number of allylic oxidation sites excluding steroid dienone is 1. The van der Waals surface area contributed by atoms with E-state index in [1.165, 1.54) is 31.2 Å². The van der Waals surface area contributed by atoms with Crippen LogP contribution in [0.3, 0.4) is 0 Å². The van der Waals surface area contributed by atoms with Crippen molar-refractivity contribution in [3.05, 3.63) is 62.3 Å². The van der Waals surface area contributed by atoms with E-state index in [1.54, 1.807) is 18.3 Å². The molecule has 0 spiro atoms. The molecule has 3 rings (SSSR count). The third kappa shape index (κ3) is 2.39. The van der Waals surface area contributed by atoms with E-state index in [0.717, 1.165) is 0 Å². The Labute approximate surface area is 134 Å². The minimum atomic E-state index is -0.639. The number of ketones is 1. The van der Waals surface area contributed by atoms with Crippen molar-refractivity contribution in [3.8, 4) is 0 Å². The molecule has 24 heavy (non-hydrogen) atoms. The number of carbonyl (C=O) groups is 1. The number of nitrogens with one attached hydrogen (secondary N) is 1. The van der Waals surface area contributed by atoms with Crippen molar-refractivity contribution in [2.24, 2.45) is 0 Å². The van der Waals surface area contributed by atoms with Gasteiger partial charge in [0.05, 0.1) is 15.4 Å². The lowest BCUT2D eigenvalue weighted by Gasteiger charge is -2.03. The fraction of sp³-hybridized carbons (Fsp3) is 0.0625. The smallest absolute Gasteiger partial charge is 0.284 e. The predicted octanol–water partition coefficient (Wildman–Crippen LogP) is 3.74. The van der Waals surface area contributed by atoms with Gasteiger partial charge in [0.2, 0.25) is 0 Å². The van der Waals surface area contributed by atoms with Gasteiger partial charge in [-0.05, 0) is 19.1 Å². The Morgan fingerprint density at radius 2 is 1.83 bits per heavy atom. The number of nitro benzene ring substituents is 2. The number of non-ortho nitro benzene ring substituents is 2. The molecule has 0 aliphatic carbocycles. The second-order valence-electron chi connectivity index (χ2n) is 5.22. The van der Waals surface area contributed by atoms with Crippen LogP contribution in [-0.2, 0) is 4.79 Å². The van der Waals surface area contributed by atoms with Gasteiger partial charge in [-0.25, -0.2) is 0 Å². The van der Waals surface area contributed by atoms with E-state index in [9.17, 15) is 25.0 Å². The van der Waals surface area contributed by atoms with E-state index in [1.807, 2.05) is 0 Å². The van der Waals surface area contributed by atoms with Crippen LogP contribution in [0.2, 0.25) is 0 Å². The molecule has 0 saturated carbocycles. The third-order valence-corrected chi connectivity index (χ3v) is 3.69. The van der Waals surface area contributed by atoms with E-state index in [4.69, 9.17) is 0 Å². The van der Waals surface area contributed by atoms with E-state index in [0.29, 0.717) is 21.9 Å². The van der Waals surface area contributed by atoms with E-state index >= 15 is 0 Å². The quantitative estimate of drug-likeness (QED) is 0.445. The fourth-order valence-electron chi connectivity index (χ4n) is 2.70. The van der Waals surface area contributed by atoms with Crippen molar-refractivity contribution < 1.29 is 14.6 Å². The van der Waals surface area contributed by atoms with Crippen LogP contribution in [0.1, 0.15) is 12.5 Å². The maximum atomic E-state index is 11.4. The first-order valence-corrected chi connectivity index (χ1v) is 6.94. The Morgan fingerprint density at radius 1 is 1.12 bits per heavy atom. The highest BCUT2D eigenvalue weighted by Gasteiger charge is 2.25. The minimum absolute atomic E-state index is 0.0241. The van der Waals surface area contributed by atoms with Crippen molar-refractivity contribution in [2.45, 2.75) is 6.92 Å². The molecule has 8 heteroatoms. The van der Waals surface area contributed by atoms with Crippen LogP contribution in [0, 0.1) is 20.2 Å². The lowest BCUT2D eigenvalue weighted by molar-refractivity contribution is -0.390. The molecule has 0 atom stereocenters. The summed E-state index contributed by atoms with van der Waals surface area (Å²) >= 11 is 0. The van der Waals surface area contributed by atoms with Gasteiger partial charge in [-0.15, -0.1) is 0 Å². The number of nitrogens with zero attached hydrogens (tertiary/aromatic N) is 2. The highest BCUT2D eigenvalue weighted by atomic mass is 16.6. The maximum absolute atomic E-state index is 11.4. The van der Waals surface area contributed by atoms with Gasteiger partial charge in [0.15, 0.2) is 5.78 Å². The van der Waals surface area contributed by atoms with Crippen LogP contribution in [0.25, 0.3) is 27.8 Å². The molecule has 1 heterocycles. The highest BCUT2D eigenvalue weighted by Crippen LogP contribution is 2.39. The number of nitro groups is 2. The van der Waals surface area contributed by atoms with E-state index in [2.05, 4.69) is 4.98 Å². The molecular weight excluding hydrogens is 314 g/mol. The van der Waals surface area contributed by atoms with Crippen molar-refractivity contribution in [1.82, 2.24) is 4.98 Å². The van der Waals surface area contributed by atoms with Crippen LogP contribution < -0.4 is 0 Å². The van der Waals surface area contributed by atoms with Crippen molar-refractivity contribution in [3.63, 3.8) is 0 Å². The summed E-state index contributed by atoms with van der Waals surface area (Å²) in [5.74, 6) is -0.157. The molecule has 0 bridgehead atoms. The minimum Gasteiger partial charge on any atom is -0.360 e. The Balaban J connectivity index is 2.45. The number of rotatable bonds is 4. The van der Waals surface area contributed by atoms with Gasteiger partial charge in [0.1, 0.15) is 5.39 Å². The number of H-pyrrole nitrogens is 1. The summed E-state index contributed by atoms with van der Waals surface area (Å²) in [7, 11) is 0. The number of aromatic amines is 1. The first-order valence-electron chi connectivity index (χ1n) is 6.94. The Morgan fingerprint density at radius 3 is 2.46 bits per heavy atom. The summed E-state index contributed by atoms with van der Waals surface area (Å²) in [6.45, 7) is 1.40. The molecule has 1 aromatic heterocycles. The summed E-state index contributed by atoms with van der Waals surface area (Å²) in [6.07, 6.45) is 4.51. The van der Waals surface area contributed by atoms with Crippen LogP contribution in [0.5, 0.6) is 0 Å².